The Morgan fingerprint density at radius 1 is 1.10 bits per heavy atom. The van der Waals surface area contributed by atoms with Gasteiger partial charge in [0.25, 0.3) is 0 Å². The number of ketones is 1. The molecule has 4 aromatic rings. The summed E-state index contributed by atoms with van der Waals surface area (Å²) in [5.41, 5.74) is 1.51. The number of Topliss-reactive ketones (excluding diaryl/α,β-unsaturated/α-hetero) is 1. The summed E-state index contributed by atoms with van der Waals surface area (Å²) in [4.78, 5) is 29.4. The highest BCUT2D eigenvalue weighted by Crippen LogP contribution is 2.27. The van der Waals surface area contributed by atoms with Crippen LogP contribution in [0.3, 0.4) is 0 Å². The summed E-state index contributed by atoms with van der Waals surface area (Å²) in [6.07, 6.45) is 0.0851. The molecule has 1 aromatic heterocycles. The van der Waals surface area contributed by atoms with Gasteiger partial charge in [-0.15, -0.1) is 11.3 Å². The fourth-order valence-corrected chi connectivity index (χ4v) is 3.73. The molecule has 1 atom stereocenters. The summed E-state index contributed by atoms with van der Waals surface area (Å²) >= 11 is 1.39. The third-order valence-electron chi connectivity index (χ3n) is 4.61. The zero-order valence-electron chi connectivity index (χ0n) is 15.8. The number of benzene rings is 3. The number of carbonyl (C=O) groups is 2. The smallest absolute Gasteiger partial charge is 0.315 e. The SMILES string of the molecule is CC(CC(=O)c1ccc2ccccc2c1)C(=O)Oc1csc(-c2c[c]ccc2)n1. The van der Waals surface area contributed by atoms with Crippen LogP contribution in [0.4, 0.5) is 0 Å². The Labute approximate surface area is 172 Å². The Morgan fingerprint density at radius 3 is 2.72 bits per heavy atom. The van der Waals surface area contributed by atoms with E-state index in [4.69, 9.17) is 4.74 Å². The standard InChI is InChI=1S/C24H18NO3S/c1-16(13-21(26)20-12-11-17-7-5-6-10-19(17)14-20)24(27)28-22-15-29-23(25-22)18-8-3-2-4-9-18/h2-3,5-12,14-16H,13H2,1H3. The van der Waals surface area contributed by atoms with E-state index in [1.54, 1.807) is 18.4 Å². The van der Waals surface area contributed by atoms with E-state index >= 15 is 0 Å². The molecule has 5 heteroatoms. The van der Waals surface area contributed by atoms with Crippen molar-refractivity contribution in [3.8, 4) is 16.5 Å². The Hall–Kier alpha value is -3.31. The van der Waals surface area contributed by atoms with Gasteiger partial charge in [-0.25, -0.2) is 4.98 Å². The average Bonchev–Trinajstić information content (AvgIpc) is 3.22. The molecule has 4 nitrogen and oxygen atoms in total. The number of hydrogen-bond donors (Lipinski definition) is 0. The van der Waals surface area contributed by atoms with Crippen LogP contribution in [0.5, 0.6) is 5.88 Å². The maximum atomic E-state index is 12.6. The van der Waals surface area contributed by atoms with Crippen LogP contribution in [0.15, 0.2) is 72.1 Å². The largest absolute Gasteiger partial charge is 0.406 e. The first-order valence-electron chi connectivity index (χ1n) is 9.26. The molecule has 1 heterocycles. The van der Waals surface area contributed by atoms with Gasteiger partial charge in [0.2, 0.25) is 5.88 Å². The molecule has 0 aliphatic carbocycles. The molecule has 1 radical (unpaired) electrons. The number of aromatic nitrogens is 1. The van der Waals surface area contributed by atoms with Crippen molar-refractivity contribution < 1.29 is 14.3 Å². The van der Waals surface area contributed by atoms with E-state index in [-0.39, 0.29) is 18.1 Å². The fraction of sp³-hybridized carbons (Fsp3) is 0.125. The molecule has 0 aliphatic heterocycles. The quantitative estimate of drug-likeness (QED) is 0.313. The first-order valence-corrected chi connectivity index (χ1v) is 10.1. The highest BCUT2D eigenvalue weighted by molar-refractivity contribution is 7.13. The number of fused-ring (bicyclic) bond motifs is 1. The lowest BCUT2D eigenvalue weighted by Gasteiger charge is -2.09. The lowest BCUT2D eigenvalue weighted by atomic mass is 9.98. The molecule has 29 heavy (non-hydrogen) atoms. The van der Waals surface area contributed by atoms with Crippen molar-refractivity contribution in [2.45, 2.75) is 13.3 Å². The topological polar surface area (TPSA) is 56.3 Å². The molecule has 0 fully saturated rings. The second-order valence-electron chi connectivity index (χ2n) is 6.79. The molecule has 0 aliphatic rings. The monoisotopic (exact) mass is 400 g/mol. The van der Waals surface area contributed by atoms with Crippen molar-refractivity contribution in [3.63, 3.8) is 0 Å². The molecule has 1 unspecified atom stereocenters. The molecular weight excluding hydrogens is 382 g/mol. The minimum atomic E-state index is -0.566. The van der Waals surface area contributed by atoms with Crippen LogP contribution >= 0.6 is 11.3 Å². The molecule has 0 amide bonds. The van der Waals surface area contributed by atoms with Crippen molar-refractivity contribution in [1.29, 1.82) is 0 Å². The number of ether oxygens (including phenoxy) is 1. The minimum absolute atomic E-state index is 0.0843. The van der Waals surface area contributed by atoms with Crippen LogP contribution in [0.25, 0.3) is 21.3 Å². The molecule has 4 rings (SSSR count). The lowest BCUT2D eigenvalue weighted by molar-refractivity contribution is -0.138. The van der Waals surface area contributed by atoms with Crippen LogP contribution in [0.2, 0.25) is 0 Å². The number of thiazole rings is 1. The van der Waals surface area contributed by atoms with Gasteiger partial charge in [0.15, 0.2) is 5.78 Å². The molecule has 0 N–H and O–H groups in total. The predicted octanol–water partition coefficient (Wildman–Crippen LogP) is 5.58. The van der Waals surface area contributed by atoms with E-state index in [1.807, 2.05) is 60.7 Å². The predicted molar refractivity (Wildman–Crippen MR) is 114 cm³/mol. The zero-order valence-corrected chi connectivity index (χ0v) is 16.6. The van der Waals surface area contributed by atoms with Crippen molar-refractivity contribution >= 4 is 33.9 Å². The lowest BCUT2D eigenvalue weighted by Crippen LogP contribution is -2.21. The number of carbonyl (C=O) groups excluding carboxylic acids is 2. The van der Waals surface area contributed by atoms with E-state index in [9.17, 15) is 9.59 Å². The van der Waals surface area contributed by atoms with Gasteiger partial charge in [0, 0.05) is 17.5 Å². The maximum Gasteiger partial charge on any atom is 0.315 e. The average molecular weight is 400 g/mol. The van der Waals surface area contributed by atoms with Crippen LogP contribution in [-0.4, -0.2) is 16.7 Å². The van der Waals surface area contributed by atoms with E-state index < -0.39 is 11.9 Å². The van der Waals surface area contributed by atoms with Crippen molar-refractivity contribution in [3.05, 3.63) is 83.7 Å². The molecule has 0 bridgehead atoms. The molecule has 143 valence electrons. The van der Waals surface area contributed by atoms with E-state index in [1.165, 1.54) is 11.3 Å². The van der Waals surface area contributed by atoms with E-state index in [2.05, 4.69) is 11.1 Å². The second-order valence-corrected chi connectivity index (χ2v) is 7.65. The third-order valence-corrected chi connectivity index (χ3v) is 5.48. The van der Waals surface area contributed by atoms with Gasteiger partial charge in [-0.2, -0.15) is 0 Å². The van der Waals surface area contributed by atoms with Crippen molar-refractivity contribution in [1.82, 2.24) is 4.98 Å². The number of nitrogens with zero attached hydrogens (tertiary/aromatic N) is 1. The van der Waals surface area contributed by atoms with Gasteiger partial charge >= 0.3 is 5.97 Å². The van der Waals surface area contributed by atoms with Crippen molar-refractivity contribution in [2.75, 3.05) is 0 Å². The van der Waals surface area contributed by atoms with Gasteiger partial charge in [-0.1, -0.05) is 61.5 Å². The molecule has 0 saturated heterocycles. The number of esters is 1. The fourth-order valence-electron chi connectivity index (χ4n) is 3.01. The maximum absolute atomic E-state index is 12.6. The van der Waals surface area contributed by atoms with Gasteiger partial charge in [0.1, 0.15) is 5.01 Å². The molecule has 3 aromatic carbocycles. The Balaban J connectivity index is 1.40. The Bertz CT molecular complexity index is 1170. The summed E-state index contributed by atoms with van der Waals surface area (Å²) in [5.74, 6) is -0.859. The highest BCUT2D eigenvalue weighted by atomic mass is 32.1. The van der Waals surface area contributed by atoms with Crippen molar-refractivity contribution in [2.24, 2.45) is 5.92 Å². The zero-order chi connectivity index (χ0) is 20.2. The molecular formula is C24H18NO3S. The first-order chi connectivity index (χ1) is 14.1. The van der Waals surface area contributed by atoms with Crippen LogP contribution in [-0.2, 0) is 4.79 Å². The summed E-state index contributed by atoms with van der Waals surface area (Å²) in [6.45, 7) is 1.70. The van der Waals surface area contributed by atoms with Gasteiger partial charge in [-0.05, 0) is 29.0 Å². The first kappa shape index (κ1) is 19.0. The second kappa shape index (κ2) is 8.37. The minimum Gasteiger partial charge on any atom is -0.406 e. The molecule has 0 saturated carbocycles. The van der Waals surface area contributed by atoms with Crippen LogP contribution < -0.4 is 4.74 Å². The summed E-state index contributed by atoms with van der Waals surface area (Å²) in [7, 11) is 0. The summed E-state index contributed by atoms with van der Waals surface area (Å²) < 4.78 is 5.38. The van der Waals surface area contributed by atoms with Gasteiger partial charge in [-0.3, -0.25) is 9.59 Å². The Morgan fingerprint density at radius 2 is 1.93 bits per heavy atom. The molecule has 0 spiro atoms. The number of rotatable bonds is 6. The number of hydrogen-bond acceptors (Lipinski definition) is 5. The Kier molecular flexibility index (Phi) is 5.49. The summed E-state index contributed by atoms with van der Waals surface area (Å²) in [5, 5.41) is 4.52. The van der Waals surface area contributed by atoms with Crippen LogP contribution in [0, 0.1) is 12.0 Å². The third kappa shape index (κ3) is 4.41. The van der Waals surface area contributed by atoms with Crippen LogP contribution in [0.1, 0.15) is 23.7 Å². The van der Waals surface area contributed by atoms with Gasteiger partial charge in [0.05, 0.1) is 11.3 Å². The van der Waals surface area contributed by atoms with E-state index in [0.717, 1.165) is 21.3 Å². The summed E-state index contributed by atoms with van der Waals surface area (Å²) in [6, 6.07) is 23.9. The normalized spacial score (nSPS) is 11.9. The van der Waals surface area contributed by atoms with E-state index in [0.29, 0.717) is 5.56 Å². The van der Waals surface area contributed by atoms with Gasteiger partial charge < -0.3 is 4.74 Å². The highest BCUT2D eigenvalue weighted by Gasteiger charge is 2.21.